The normalized spacial score (nSPS) is 18.7. The first-order valence-corrected chi connectivity index (χ1v) is 10.7. The Morgan fingerprint density at radius 2 is 1.82 bits per heavy atom. The average Bonchev–Trinajstić information content (AvgIpc) is 3.30. The molecule has 0 spiro atoms. The molecule has 2 aliphatic rings. The van der Waals surface area contributed by atoms with E-state index in [1.807, 2.05) is 31.3 Å². The molecule has 4 rings (SSSR count). The smallest absolute Gasteiger partial charge is 0.361 e. The van der Waals surface area contributed by atoms with Gasteiger partial charge < -0.3 is 28.2 Å². The van der Waals surface area contributed by atoms with Gasteiger partial charge in [0.25, 0.3) is 0 Å². The number of carbonyl (C=O) groups excluding carboxylic acids is 2. The van der Waals surface area contributed by atoms with Gasteiger partial charge in [-0.1, -0.05) is 18.2 Å². The van der Waals surface area contributed by atoms with Gasteiger partial charge in [-0.3, -0.25) is 4.79 Å². The molecule has 0 saturated heterocycles. The fourth-order valence-electron chi connectivity index (χ4n) is 4.52. The molecule has 2 aromatic carbocycles. The van der Waals surface area contributed by atoms with Gasteiger partial charge in [0, 0.05) is 12.0 Å². The Bertz CT molecular complexity index is 1120. The zero-order chi connectivity index (χ0) is 23.6. The molecule has 0 bridgehead atoms. The molecule has 0 amide bonds. The van der Waals surface area contributed by atoms with Crippen LogP contribution in [0.3, 0.4) is 0 Å². The molecule has 174 valence electrons. The van der Waals surface area contributed by atoms with E-state index in [1.54, 1.807) is 20.3 Å². The number of hydrogen-bond acceptors (Lipinski definition) is 7. The van der Waals surface area contributed by atoms with Crippen LogP contribution in [-0.2, 0) is 22.5 Å². The van der Waals surface area contributed by atoms with Gasteiger partial charge in [0.15, 0.2) is 23.8 Å². The maximum atomic E-state index is 13.5. The van der Waals surface area contributed by atoms with E-state index in [-0.39, 0.29) is 25.1 Å². The quantitative estimate of drug-likeness (QED) is 0.275. The topological polar surface area (TPSA) is 80.3 Å². The molecule has 8 heteroatoms. The number of ether oxygens (including phenoxy) is 5. The molecule has 2 aliphatic heterocycles. The van der Waals surface area contributed by atoms with Crippen LogP contribution < -0.4 is 18.9 Å². The van der Waals surface area contributed by atoms with E-state index in [4.69, 9.17) is 23.7 Å². The summed E-state index contributed by atoms with van der Waals surface area (Å²) in [4.78, 5) is 25.5. The predicted molar refractivity (Wildman–Crippen MR) is 121 cm³/mol. The van der Waals surface area contributed by atoms with Gasteiger partial charge in [-0.15, -0.1) is 0 Å². The fraction of sp³-hybridized carbons (Fsp3) is 0.360. The number of para-hydroxylation sites is 1. The van der Waals surface area contributed by atoms with Gasteiger partial charge >= 0.3 is 5.97 Å². The Morgan fingerprint density at radius 3 is 2.55 bits per heavy atom. The molecule has 0 N–H and O–H groups in total. The van der Waals surface area contributed by atoms with Gasteiger partial charge in [0.2, 0.25) is 12.5 Å². The van der Waals surface area contributed by atoms with Crippen molar-refractivity contribution in [3.05, 3.63) is 52.6 Å². The summed E-state index contributed by atoms with van der Waals surface area (Å²) in [6.07, 6.45) is 3.85. The van der Waals surface area contributed by atoms with Crippen molar-refractivity contribution in [3.63, 3.8) is 0 Å². The molecule has 8 nitrogen and oxygen atoms in total. The SMILES string of the molecule is COC(=O)C[N+]1(C)CCc2c(c(OC)c3c(c2C(=O)/C=C/c2ccccc2OC)OCO3)C1. The maximum Gasteiger partial charge on any atom is 0.361 e. The van der Waals surface area contributed by atoms with Crippen LogP contribution >= 0.6 is 0 Å². The molecule has 33 heavy (non-hydrogen) atoms. The third kappa shape index (κ3) is 4.26. The molecule has 2 aromatic rings. The number of benzene rings is 2. The summed E-state index contributed by atoms with van der Waals surface area (Å²) in [6.45, 7) is 1.41. The number of ketones is 1. The Hall–Kier alpha value is -3.52. The summed E-state index contributed by atoms with van der Waals surface area (Å²) in [7, 11) is 6.54. The lowest BCUT2D eigenvalue weighted by Gasteiger charge is -2.38. The van der Waals surface area contributed by atoms with E-state index < -0.39 is 0 Å². The fourth-order valence-corrected chi connectivity index (χ4v) is 4.52. The lowest BCUT2D eigenvalue weighted by atomic mass is 9.88. The minimum Gasteiger partial charge on any atom is -0.496 e. The van der Waals surface area contributed by atoms with E-state index in [1.165, 1.54) is 13.2 Å². The molecule has 1 atom stereocenters. The second kappa shape index (κ2) is 9.15. The Morgan fingerprint density at radius 1 is 1.06 bits per heavy atom. The number of quaternary nitrogens is 1. The van der Waals surface area contributed by atoms with E-state index >= 15 is 0 Å². The average molecular weight is 454 g/mol. The van der Waals surface area contributed by atoms with Gasteiger partial charge in [-0.25, -0.2) is 4.79 Å². The minimum atomic E-state index is -0.281. The largest absolute Gasteiger partial charge is 0.496 e. The summed E-state index contributed by atoms with van der Waals surface area (Å²) in [5, 5.41) is 0. The van der Waals surface area contributed by atoms with Crippen molar-refractivity contribution in [2.24, 2.45) is 0 Å². The summed E-state index contributed by atoms with van der Waals surface area (Å²) < 4.78 is 27.8. The summed E-state index contributed by atoms with van der Waals surface area (Å²) in [6, 6.07) is 7.48. The molecule has 0 aromatic heterocycles. The lowest BCUT2D eigenvalue weighted by molar-refractivity contribution is -0.917. The Labute approximate surface area is 192 Å². The molecular weight excluding hydrogens is 426 g/mol. The number of rotatable bonds is 7. The van der Waals surface area contributed by atoms with Gasteiger partial charge in [0.1, 0.15) is 12.3 Å². The highest BCUT2D eigenvalue weighted by molar-refractivity contribution is 6.11. The highest BCUT2D eigenvalue weighted by Crippen LogP contribution is 2.50. The Kier molecular flexibility index (Phi) is 6.29. The van der Waals surface area contributed by atoms with Crippen molar-refractivity contribution in [2.75, 3.05) is 48.3 Å². The second-order valence-corrected chi connectivity index (χ2v) is 8.36. The van der Waals surface area contributed by atoms with E-state index in [0.29, 0.717) is 52.6 Å². The summed E-state index contributed by atoms with van der Waals surface area (Å²) in [5.41, 5.74) is 3.00. The van der Waals surface area contributed by atoms with Crippen LogP contribution in [0.4, 0.5) is 0 Å². The van der Waals surface area contributed by atoms with Crippen molar-refractivity contribution in [2.45, 2.75) is 13.0 Å². The third-order valence-electron chi connectivity index (χ3n) is 6.17. The van der Waals surface area contributed by atoms with E-state index in [9.17, 15) is 9.59 Å². The monoisotopic (exact) mass is 454 g/mol. The summed E-state index contributed by atoms with van der Waals surface area (Å²) >= 11 is 0. The first kappa shape index (κ1) is 22.7. The van der Waals surface area contributed by atoms with Crippen molar-refractivity contribution < 1.29 is 37.8 Å². The zero-order valence-corrected chi connectivity index (χ0v) is 19.3. The van der Waals surface area contributed by atoms with Crippen molar-refractivity contribution >= 4 is 17.8 Å². The van der Waals surface area contributed by atoms with Gasteiger partial charge in [-0.05, 0) is 23.8 Å². The van der Waals surface area contributed by atoms with Crippen molar-refractivity contribution in [3.8, 4) is 23.0 Å². The number of hydrogen-bond donors (Lipinski definition) is 0. The minimum absolute atomic E-state index is 0.0133. The second-order valence-electron chi connectivity index (χ2n) is 8.36. The molecule has 0 saturated carbocycles. The van der Waals surface area contributed by atoms with Crippen LogP contribution in [0.5, 0.6) is 23.0 Å². The number of fused-ring (bicyclic) bond motifs is 2. The van der Waals surface area contributed by atoms with E-state index in [2.05, 4.69) is 0 Å². The van der Waals surface area contributed by atoms with E-state index in [0.717, 1.165) is 16.7 Å². The molecule has 1 unspecified atom stereocenters. The highest BCUT2D eigenvalue weighted by Gasteiger charge is 2.40. The third-order valence-corrected chi connectivity index (χ3v) is 6.17. The number of allylic oxidation sites excluding steroid dienone is 1. The van der Waals surface area contributed by atoms with Crippen LogP contribution in [0.2, 0.25) is 0 Å². The Balaban J connectivity index is 1.77. The number of methoxy groups -OCH3 is 3. The van der Waals surface area contributed by atoms with Crippen LogP contribution in [-0.4, -0.2) is 64.5 Å². The first-order chi connectivity index (χ1) is 15.9. The summed E-state index contributed by atoms with van der Waals surface area (Å²) in [5.74, 6) is 1.60. The number of likely N-dealkylation sites (N-methyl/N-ethyl adjacent to an activating group) is 1. The first-order valence-electron chi connectivity index (χ1n) is 10.7. The van der Waals surface area contributed by atoms with Crippen LogP contribution in [0.1, 0.15) is 27.0 Å². The van der Waals surface area contributed by atoms with Gasteiger partial charge in [-0.2, -0.15) is 0 Å². The molecule has 2 heterocycles. The van der Waals surface area contributed by atoms with Crippen LogP contribution in [0.25, 0.3) is 6.08 Å². The highest BCUT2D eigenvalue weighted by atomic mass is 16.7. The van der Waals surface area contributed by atoms with Crippen molar-refractivity contribution in [1.29, 1.82) is 0 Å². The molecular formula is C25H28NO7+. The number of esters is 1. The van der Waals surface area contributed by atoms with Crippen molar-refractivity contribution in [1.82, 2.24) is 0 Å². The van der Waals surface area contributed by atoms with Crippen LogP contribution in [0, 0.1) is 0 Å². The van der Waals surface area contributed by atoms with Crippen LogP contribution in [0.15, 0.2) is 30.3 Å². The standard InChI is InChI=1S/C25H28NO7/c1-26(14-21(28)30-3)12-11-17-18(13-26)23(31-4)25-24(32-15-33-25)22(17)19(27)10-9-16-7-5-6-8-20(16)29-2/h5-10H,11-15H2,1-4H3/q+1/b10-9+. The maximum absolute atomic E-state index is 13.5. The lowest BCUT2D eigenvalue weighted by Crippen LogP contribution is -2.51. The number of carbonyl (C=O) groups is 2. The molecule has 0 fully saturated rings. The predicted octanol–water partition coefficient (Wildman–Crippen LogP) is 3.00. The molecule has 0 aliphatic carbocycles. The van der Waals surface area contributed by atoms with Gasteiger partial charge in [0.05, 0.1) is 46.0 Å². The molecule has 0 radical (unpaired) electrons. The number of nitrogens with zero attached hydrogens (tertiary/aromatic N) is 1. The zero-order valence-electron chi connectivity index (χ0n) is 19.3.